The summed E-state index contributed by atoms with van der Waals surface area (Å²) in [4.78, 5) is 28.7. The van der Waals surface area contributed by atoms with Crippen molar-refractivity contribution in [3.8, 4) is 17.1 Å². The van der Waals surface area contributed by atoms with E-state index in [1.165, 1.54) is 16.8 Å². The second kappa shape index (κ2) is 9.59. The number of piperidine rings is 1. The third-order valence-corrected chi connectivity index (χ3v) is 5.56. The van der Waals surface area contributed by atoms with Crippen LogP contribution in [0.4, 0.5) is 22.4 Å². The van der Waals surface area contributed by atoms with E-state index in [0.29, 0.717) is 44.7 Å². The molecule has 3 heterocycles. The number of aromatic nitrogens is 3. The first-order chi connectivity index (χ1) is 16.5. The fraction of sp³-hybridized carbons (Fsp3) is 0.435. The number of hydrogen-bond donors (Lipinski definition) is 1. The van der Waals surface area contributed by atoms with Crippen molar-refractivity contribution in [2.75, 3.05) is 19.7 Å². The molecule has 3 aromatic rings. The Morgan fingerprint density at radius 1 is 1.23 bits per heavy atom. The number of aromatic amines is 1. The van der Waals surface area contributed by atoms with Gasteiger partial charge in [-0.15, -0.1) is 5.10 Å². The topological polar surface area (TPSA) is 88.9 Å². The Kier molecular flexibility index (Phi) is 6.73. The minimum atomic E-state index is -4.88. The quantitative estimate of drug-likeness (QED) is 0.526. The van der Waals surface area contributed by atoms with Crippen molar-refractivity contribution in [2.24, 2.45) is 5.92 Å². The Morgan fingerprint density at radius 2 is 1.94 bits per heavy atom. The second-order valence-corrected chi connectivity index (χ2v) is 8.78. The lowest BCUT2D eigenvalue weighted by molar-refractivity contribution is -0.139. The zero-order chi connectivity index (χ0) is 25.3. The minimum absolute atomic E-state index is 0.0209. The smallest absolute Gasteiger partial charge is 0.419 e. The number of fused-ring (bicyclic) bond motifs is 1. The Morgan fingerprint density at radius 3 is 2.60 bits per heavy atom. The Bertz CT molecular complexity index is 1280. The molecule has 1 N–H and O–H groups in total. The summed E-state index contributed by atoms with van der Waals surface area (Å²) < 4.78 is 65.2. The van der Waals surface area contributed by atoms with Gasteiger partial charge in [0, 0.05) is 37.6 Å². The van der Waals surface area contributed by atoms with Gasteiger partial charge in [-0.1, -0.05) is 13.8 Å². The zero-order valence-corrected chi connectivity index (χ0v) is 19.1. The fourth-order valence-electron chi connectivity index (χ4n) is 3.75. The molecule has 12 heteroatoms. The molecule has 1 aliphatic rings. The highest BCUT2D eigenvalue weighted by Crippen LogP contribution is 2.33. The van der Waals surface area contributed by atoms with E-state index in [1.807, 2.05) is 13.8 Å². The van der Waals surface area contributed by atoms with E-state index < -0.39 is 23.1 Å². The van der Waals surface area contributed by atoms with Crippen LogP contribution in [-0.4, -0.2) is 51.4 Å². The minimum Gasteiger partial charge on any atom is -0.473 e. The monoisotopic (exact) mass is 496 g/mol. The van der Waals surface area contributed by atoms with Crippen molar-refractivity contribution in [3.63, 3.8) is 0 Å². The molecule has 1 aliphatic heterocycles. The number of alkyl halides is 3. The van der Waals surface area contributed by atoms with Crippen LogP contribution in [-0.2, 0) is 10.9 Å². The van der Waals surface area contributed by atoms with Gasteiger partial charge >= 0.3 is 12.3 Å². The summed E-state index contributed by atoms with van der Waals surface area (Å²) in [5.74, 6) is -0.990. The van der Waals surface area contributed by atoms with Crippen LogP contribution < -0.4 is 10.3 Å². The van der Waals surface area contributed by atoms with Gasteiger partial charge in [0.1, 0.15) is 17.4 Å². The van der Waals surface area contributed by atoms with Gasteiger partial charge in [0.05, 0.1) is 24.1 Å². The number of H-pyrrole nitrogens is 1. The molecule has 1 amide bonds. The molecule has 8 nitrogen and oxygen atoms in total. The highest BCUT2D eigenvalue weighted by atomic mass is 19.4. The van der Waals surface area contributed by atoms with Gasteiger partial charge < -0.3 is 19.4 Å². The number of benzene rings is 1. The van der Waals surface area contributed by atoms with Gasteiger partial charge in [0.2, 0.25) is 5.88 Å². The molecule has 0 aliphatic carbocycles. The molecule has 1 aromatic carbocycles. The molecule has 2 aromatic heterocycles. The first kappa shape index (κ1) is 24.6. The standard InChI is InChI=1S/C23H24F4N4O4/c1-13(2)12-34-22(33)30-7-5-15(6-8-30)35-20-10-19-21(32)28-18(11-31(19)29-20)14-3-4-17(24)16(9-14)23(25,26)27/h3-4,9-11,13,15H,5-8,12H2,1-2H3,(H,28,32). The van der Waals surface area contributed by atoms with E-state index in [0.717, 1.165) is 6.07 Å². The van der Waals surface area contributed by atoms with Gasteiger partial charge in [-0.25, -0.2) is 13.7 Å². The molecule has 4 rings (SSSR count). The van der Waals surface area contributed by atoms with E-state index in [9.17, 15) is 27.2 Å². The van der Waals surface area contributed by atoms with E-state index in [2.05, 4.69) is 10.1 Å². The summed E-state index contributed by atoms with van der Waals surface area (Å²) in [6, 6.07) is 3.90. The van der Waals surface area contributed by atoms with Crippen molar-refractivity contribution >= 4 is 11.6 Å². The second-order valence-electron chi connectivity index (χ2n) is 8.78. The third-order valence-electron chi connectivity index (χ3n) is 5.56. The Balaban J connectivity index is 1.47. The number of hydrogen-bond acceptors (Lipinski definition) is 5. The lowest BCUT2D eigenvalue weighted by Crippen LogP contribution is -2.42. The SMILES string of the molecule is CC(C)COC(=O)N1CCC(Oc2cc3c(=O)[nH]c(-c4ccc(F)c(C(F)(F)F)c4)cn3n2)CC1. The summed E-state index contributed by atoms with van der Waals surface area (Å²) in [7, 11) is 0. The number of halogens is 4. The molecule has 0 bridgehead atoms. The van der Waals surface area contributed by atoms with Crippen molar-refractivity contribution in [2.45, 2.75) is 39.0 Å². The molecule has 0 radical (unpaired) electrons. The molecule has 0 saturated carbocycles. The number of carbonyl (C=O) groups is 1. The van der Waals surface area contributed by atoms with Crippen LogP contribution in [0.15, 0.2) is 35.3 Å². The molecule has 35 heavy (non-hydrogen) atoms. The molecular formula is C23H24F4N4O4. The van der Waals surface area contributed by atoms with E-state index in [4.69, 9.17) is 9.47 Å². The predicted molar refractivity (Wildman–Crippen MR) is 118 cm³/mol. The van der Waals surface area contributed by atoms with Crippen LogP contribution >= 0.6 is 0 Å². The van der Waals surface area contributed by atoms with Crippen LogP contribution in [0.5, 0.6) is 5.88 Å². The highest BCUT2D eigenvalue weighted by molar-refractivity contribution is 5.67. The Hall–Kier alpha value is -3.57. The van der Waals surface area contributed by atoms with Crippen LogP contribution in [0.2, 0.25) is 0 Å². The summed E-state index contributed by atoms with van der Waals surface area (Å²) >= 11 is 0. The number of likely N-dealkylation sites (tertiary alicyclic amines) is 1. The van der Waals surface area contributed by atoms with E-state index in [-0.39, 0.29) is 40.8 Å². The van der Waals surface area contributed by atoms with Crippen LogP contribution in [0.25, 0.3) is 16.8 Å². The zero-order valence-electron chi connectivity index (χ0n) is 19.1. The maximum atomic E-state index is 13.6. The maximum Gasteiger partial charge on any atom is 0.419 e. The van der Waals surface area contributed by atoms with E-state index >= 15 is 0 Å². The van der Waals surface area contributed by atoms with Crippen molar-refractivity contribution < 1.29 is 31.8 Å². The molecule has 188 valence electrons. The number of amides is 1. The predicted octanol–water partition coefficient (Wildman–Crippen LogP) is 4.48. The number of rotatable bonds is 5. The summed E-state index contributed by atoms with van der Waals surface area (Å²) in [5, 5.41) is 4.22. The average Bonchev–Trinajstić information content (AvgIpc) is 3.20. The maximum absolute atomic E-state index is 13.6. The van der Waals surface area contributed by atoms with E-state index in [1.54, 1.807) is 4.90 Å². The van der Waals surface area contributed by atoms with Crippen molar-refractivity contribution in [1.82, 2.24) is 19.5 Å². The lowest BCUT2D eigenvalue weighted by Gasteiger charge is -2.31. The van der Waals surface area contributed by atoms with Crippen LogP contribution in [0.3, 0.4) is 0 Å². The number of nitrogens with zero attached hydrogens (tertiary/aromatic N) is 3. The largest absolute Gasteiger partial charge is 0.473 e. The normalized spacial score (nSPS) is 15.1. The molecule has 1 fully saturated rings. The van der Waals surface area contributed by atoms with Gasteiger partial charge in [-0.3, -0.25) is 4.79 Å². The van der Waals surface area contributed by atoms with Gasteiger partial charge in [-0.05, 0) is 24.1 Å². The van der Waals surface area contributed by atoms with Crippen molar-refractivity contribution in [1.29, 1.82) is 0 Å². The summed E-state index contributed by atoms with van der Waals surface area (Å²) in [5.41, 5.74) is -1.87. The Labute approximate surface area is 197 Å². The first-order valence-electron chi connectivity index (χ1n) is 11.1. The molecule has 0 spiro atoms. The van der Waals surface area contributed by atoms with Crippen LogP contribution in [0.1, 0.15) is 32.3 Å². The number of carbonyl (C=O) groups excluding carboxylic acids is 1. The number of ether oxygens (including phenoxy) is 2. The van der Waals surface area contributed by atoms with Crippen molar-refractivity contribution in [3.05, 3.63) is 52.2 Å². The lowest BCUT2D eigenvalue weighted by atomic mass is 10.1. The fourth-order valence-corrected chi connectivity index (χ4v) is 3.75. The average molecular weight is 496 g/mol. The summed E-state index contributed by atoms with van der Waals surface area (Å²) in [6.07, 6.45) is -3.05. The molecular weight excluding hydrogens is 472 g/mol. The van der Waals surface area contributed by atoms with Gasteiger partial charge in [0.25, 0.3) is 5.56 Å². The third kappa shape index (κ3) is 5.57. The van der Waals surface area contributed by atoms with Gasteiger partial charge in [0.15, 0.2) is 0 Å². The van der Waals surface area contributed by atoms with Gasteiger partial charge in [-0.2, -0.15) is 13.2 Å². The molecule has 0 unspecified atom stereocenters. The molecule has 1 saturated heterocycles. The van der Waals surface area contributed by atoms with Crippen LogP contribution in [0, 0.1) is 11.7 Å². The summed E-state index contributed by atoms with van der Waals surface area (Å²) in [6.45, 7) is 5.16. The first-order valence-corrected chi connectivity index (χ1v) is 11.1. The number of nitrogens with one attached hydrogen (secondary N) is 1. The molecule has 0 atom stereocenters. The highest BCUT2D eigenvalue weighted by Gasteiger charge is 2.34.